The lowest BCUT2D eigenvalue weighted by molar-refractivity contribution is 0.865. The summed E-state index contributed by atoms with van der Waals surface area (Å²) in [5, 5.41) is 0. The first-order valence-corrected chi connectivity index (χ1v) is 8.47. The lowest BCUT2D eigenvalue weighted by Crippen LogP contribution is -2.03. The monoisotopic (exact) mass is 349 g/mol. The summed E-state index contributed by atoms with van der Waals surface area (Å²) in [7, 11) is 0. The van der Waals surface area contributed by atoms with Crippen molar-refractivity contribution in [1.29, 1.82) is 0 Å². The van der Waals surface area contributed by atoms with E-state index in [0.29, 0.717) is 12.5 Å². The Labute approximate surface area is 134 Å². The molecular formula is C17H20BrNS. The summed E-state index contributed by atoms with van der Waals surface area (Å²) in [6.45, 7) is 5.12. The van der Waals surface area contributed by atoms with Crippen molar-refractivity contribution in [1.82, 2.24) is 0 Å². The van der Waals surface area contributed by atoms with Gasteiger partial charge < -0.3 is 5.73 Å². The molecule has 0 fully saturated rings. The number of nitrogens with two attached hydrogens (primary N) is 1. The van der Waals surface area contributed by atoms with Crippen molar-refractivity contribution in [2.24, 2.45) is 5.73 Å². The van der Waals surface area contributed by atoms with Crippen LogP contribution in [0.2, 0.25) is 0 Å². The van der Waals surface area contributed by atoms with Crippen LogP contribution in [0.25, 0.3) is 0 Å². The minimum atomic E-state index is 0.577. The molecule has 2 aromatic carbocycles. The third-order valence-electron chi connectivity index (χ3n) is 3.22. The van der Waals surface area contributed by atoms with E-state index in [1.807, 2.05) is 0 Å². The summed E-state index contributed by atoms with van der Waals surface area (Å²) in [6, 6.07) is 15.2. The van der Waals surface area contributed by atoms with E-state index >= 15 is 0 Å². The van der Waals surface area contributed by atoms with Gasteiger partial charge in [0, 0.05) is 14.3 Å². The molecule has 0 radical (unpaired) electrons. The molecule has 106 valence electrons. The second kappa shape index (κ2) is 7.30. The SMILES string of the molecule is CC(C)c1ccc(Sc2cc(Br)ccc2CCN)cc1. The van der Waals surface area contributed by atoms with Crippen molar-refractivity contribution in [2.45, 2.75) is 36.0 Å². The molecule has 0 unspecified atom stereocenters. The Morgan fingerprint density at radius 3 is 2.40 bits per heavy atom. The highest BCUT2D eigenvalue weighted by Crippen LogP contribution is 2.33. The van der Waals surface area contributed by atoms with Crippen LogP contribution >= 0.6 is 27.7 Å². The molecule has 0 saturated heterocycles. The second-order valence-electron chi connectivity index (χ2n) is 5.12. The summed E-state index contributed by atoms with van der Waals surface area (Å²) in [4.78, 5) is 2.55. The Balaban J connectivity index is 2.22. The van der Waals surface area contributed by atoms with Crippen molar-refractivity contribution < 1.29 is 0 Å². The van der Waals surface area contributed by atoms with E-state index in [-0.39, 0.29) is 0 Å². The van der Waals surface area contributed by atoms with Gasteiger partial charge in [-0.05, 0) is 54.3 Å². The zero-order valence-corrected chi connectivity index (χ0v) is 14.3. The van der Waals surface area contributed by atoms with Gasteiger partial charge in [-0.15, -0.1) is 0 Å². The largest absolute Gasteiger partial charge is 0.330 e. The van der Waals surface area contributed by atoms with Crippen LogP contribution in [0.4, 0.5) is 0 Å². The molecule has 0 heterocycles. The third-order valence-corrected chi connectivity index (χ3v) is 4.82. The van der Waals surface area contributed by atoms with Gasteiger partial charge in [-0.2, -0.15) is 0 Å². The molecular weight excluding hydrogens is 330 g/mol. The Morgan fingerprint density at radius 1 is 1.10 bits per heavy atom. The second-order valence-corrected chi connectivity index (χ2v) is 7.15. The molecule has 0 aliphatic heterocycles. The van der Waals surface area contributed by atoms with Gasteiger partial charge in [-0.25, -0.2) is 0 Å². The molecule has 0 amide bonds. The maximum Gasteiger partial charge on any atom is 0.0186 e. The molecule has 0 aliphatic carbocycles. The first-order chi connectivity index (χ1) is 9.60. The molecule has 0 atom stereocenters. The molecule has 2 rings (SSSR count). The maximum atomic E-state index is 5.69. The van der Waals surface area contributed by atoms with Gasteiger partial charge in [0.15, 0.2) is 0 Å². The van der Waals surface area contributed by atoms with Crippen LogP contribution in [0, 0.1) is 0 Å². The normalized spacial score (nSPS) is 11.1. The van der Waals surface area contributed by atoms with E-state index in [9.17, 15) is 0 Å². The Bertz CT molecular complexity index is 564. The lowest BCUT2D eigenvalue weighted by atomic mass is 10.0. The highest BCUT2D eigenvalue weighted by Gasteiger charge is 2.06. The van der Waals surface area contributed by atoms with Gasteiger partial charge in [0.2, 0.25) is 0 Å². The number of rotatable bonds is 5. The molecule has 1 nitrogen and oxygen atoms in total. The van der Waals surface area contributed by atoms with Gasteiger partial charge in [0.1, 0.15) is 0 Å². The van der Waals surface area contributed by atoms with Crippen LogP contribution in [-0.4, -0.2) is 6.54 Å². The predicted octanol–water partition coefficient (Wildman–Crippen LogP) is 5.22. The number of hydrogen-bond donors (Lipinski definition) is 1. The Kier molecular flexibility index (Phi) is 5.70. The van der Waals surface area contributed by atoms with Crippen LogP contribution in [-0.2, 0) is 6.42 Å². The van der Waals surface area contributed by atoms with Gasteiger partial charge in [0.05, 0.1) is 0 Å². The van der Waals surface area contributed by atoms with Crippen molar-refractivity contribution in [3.63, 3.8) is 0 Å². The zero-order chi connectivity index (χ0) is 14.5. The standard InChI is InChI=1S/C17H20BrNS/c1-12(2)13-4-7-16(8-5-13)20-17-11-15(18)6-3-14(17)9-10-19/h3-8,11-12H,9-10,19H2,1-2H3. The molecule has 0 spiro atoms. The van der Waals surface area contributed by atoms with E-state index in [2.05, 4.69) is 72.2 Å². The van der Waals surface area contributed by atoms with E-state index in [0.717, 1.165) is 10.9 Å². The third kappa shape index (κ3) is 4.11. The molecule has 0 bridgehead atoms. The first kappa shape index (κ1) is 15.6. The maximum absolute atomic E-state index is 5.69. The number of hydrogen-bond acceptors (Lipinski definition) is 2. The van der Waals surface area contributed by atoms with E-state index in [1.165, 1.54) is 20.9 Å². The summed E-state index contributed by atoms with van der Waals surface area (Å²) in [6.07, 6.45) is 0.916. The Morgan fingerprint density at radius 2 is 1.80 bits per heavy atom. The fraction of sp³-hybridized carbons (Fsp3) is 0.294. The summed E-state index contributed by atoms with van der Waals surface area (Å²) in [5.41, 5.74) is 8.39. The molecule has 3 heteroatoms. The first-order valence-electron chi connectivity index (χ1n) is 6.86. The fourth-order valence-electron chi connectivity index (χ4n) is 2.03. The highest BCUT2D eigenvalue weighted by molar-refractivity contribution is 9.10. The van der Waals surface area contributed by atoms with Crippen molar-refractivity contribution in [2.75, 3.05) is 6.54 Å². The van der Waals surface area contributed by atoms with Crippen LogP contribution in [0.15, 0.2) is 56.7 Å². The van der Waals surface area contributed by atoms with Crippen molar-refractivity contribution in [3.8, 4) is 0 Å². The molecule has 0 aliphatic rings. The summed E-state index contributed by atoms with van der Waals surface area (Å²) < 4.78 is 1.11. The topological polar surface area (TPSA) is 26.0 Å². The lowest BCUT2D eigenvalue weighted by Gasteiger charge is -2.10. The average Bonchev–Trinajstić information content (AvgIpc) is 2.42. The van der Waals surface area contributed by atoms with Gasteiger partial charge in [-0.1, -0.05) is 59.7 Å². The van der Waals surface area contributed by atoms with Crippen LogP contribution in [0.5, 0.6) is 0 Å². The molecule has 0 aromatic heterocycles. The Hall–Kier alpha value is -0.770. The van der Waals surface area contributed by atoms with E-state index in [4.69, 9.17) is 5.73 Å². The van der Waals surface area contributed by atoms with Gasteiger partial charge in [-0.3, -0.25) is 0 Å². The zero-order valence-electron chi connectivity index (χ0n) is 11.9. The van der Waals surface area contributed by atoms with Crippen LogP contribution in [0.1, 0.15) is 30.9 Å². The molecule has 2 N–H and O–H groups in total. The molecule has 2 aromatic rings. The summed E-state index contributed by atoms with van der Waals surface area (Å²) >= 11 is 5.35. The number of benzene rings is 2. The van der Waals surface area contributed by atoms with Crippen molar-refractivity contribution >= 4 is 27.7 Å². The minimum absolute atomic E-state index is 0.577. The summed E-state index contributed by atoms with van der Waals surface area (Å²) in [5.74, 6) is 0.577. The van der Waals surface area contributed by atoms with Crippen molar-refractivity contribution in [3.05, 3.63) is 58.1 Å². The van der Waals surface area contributed by atoms with E-state index < -0.39 is 0 Å². The molecule has 0 saturated carbocycles. The van der Waals surface area contributed by atoms with Gasteiger partial charge >= 0.3 is 0 Å². The van der Waals surface area contributed by atoms with Crippen LogP contribution < -0.4 is 5.73 Å². The number of halogens is 1. The van der Waals surface area contributed by atoms with Gasteiger partial charge in [0.25, 0.3) is 0 Å². The minimum Gasteiger partial charge on any atom is -0.330 e. The van der Waals surface area contributed by atoms with E-state index in [1.54, 1.807) is 11.8 Å². The fourth-order valence-corrected chi connectivity index (χ4v) is 3.56. The van der Waals surface area contributed by atoms with Crippen LogP contribution in [0.3, 0.4) is 0 Å². The smallest absolute Gasteiger partial charge is 0.0186 e. The average molecular weight is 350 g/mol. The quantitative estimate of drug-likeness (QED) is 0.800. The molecule has 20 heavy (non-hydrogen) atoms. The highest BCUT2D eigenvalue weighted by atomic mass is 79.9. The predicted molar refractivity (Wildman–Crippen MR) is 91.6 cm³/mol.